The molecule has 0 saturated heterocycles. The highest BCUT2D eigenvalue weighted by Crippen LogP contribution is 2.71. The Bertz CT molecular complexity index is 649. The van der Waals surface area contributed by atoms with Crippen LogP contribution in [-0.4, -0.2) is 89.7 Å². The highest BCUT2D eigenvalue weighted by Gasteiger charge is 2.38. The molecule has 1 aromatic rings. The van der Waals surface area contributed by atoms with Gasteiger partial charge < -0.3 is 34.1 Å². The molecule has 6 radical (unpaired) electrons. The van der Waals surface area contributed by atoms with E-state index in [4.69, 9.17) is 34.1 Å². The van der Waals surface area contributed by atoms with Crippen LogP contribution < -0.4 is 9.47 Å². The Labute approximate surface area is 200 Å². The van der Waals surface area contributed by atoms with E-state index in [1.54, 1.807) is 0 Å². The normalized spacial score (nSPS) is 27.9. The van der Waals surface area contributed by atoms with E-state index in [1.807, 2.05) is 24.3 Å². The molecule has 1 heterocycles. The average molecular weight is 478 g/mol. The molecule has 0 fully saturated rings. The second kappa shape index (κ2) is 11.9. The van der Waals surface area contributed by atoms with Gasteiger partial charge in [-0.2, -0.15) is 0 Å². The SMILES string of the molecule is [B-][P+]1(C(C)(C)C)CCOCCOc2ccccc2OCCOCC[P+]([B-])(C(C)(C)C)CC1. The molecule has 1 aliphatic heterocycles. The van der Waals surface area contributed by atoms with Crippen LogP contribution in [0, 0.1) is 0 Å². The van der Waals surface area contributed by atoms with Gasteiger partial charge in [0, 0.05) is 35.0 Å². The maximum atomic E-state index is 7.13. The summed E-state index contributed by atoms with van der Waals surface area (Å²) in [6, 6.07) is 7.72. The molecule has 0 aliphatic carbocycles. The van der Waals surface area contributed by atoms with E-state index in [-0.39, 0.29) is 10.3 Å². The number of para-hydroxylation sites is 2. The van der Waals surface area contributed by atoms with Gasteiger partial charge in [0.2, 0.25) is 0 Å². The molecular weight excluding hydrogens is 436 g/mol. The smallest absolute Gasteiger partial charge is 0.161 e. The standard InChI is InChI=1S/C24H42B2O4P2/c1-23(2,3)31(25)17-15-27-11-13-29-21-9-7-8-10-22(21)30-14-12-28-16-18-32(26,20-19-31)24(4,5)6/h7-10H,11-20H2,1-6H3. The Balaban J connectivity index is 2.16. The average Bonchev–Trinajstić information content (AvgIpc) is 2.70. The van der Waals surface area contributed by atoms with Gasteiger partial charge in [-0.1, -0.05) is 12.1 Å². The molecule has 0 bridgehead atoms. The summed E-state index contributed by atoms with van der Waals surface area (Å²) in [5.74, 6) is 1.46. The van der Waals surface area contributed by atoms with Crippen LogP contribution in [0.25, 0.3) is 0 Å². The number of rotatable bonds is 0. The molecule has 2 atom stereocenters. The molecule has 2 rings (SSSR count). The van der Waals surface area contributed by atoms with Gasteiger partial charge >= 0.3 is 0 Å². The van der Waals surface area contributed by atoms with Gasteiger partial charge in [-0.05, 0) is 53.7 Å². The number of benzene rings is 1. The quantitative estimate of drug-likeness (QED) is 0.375. The van der Waals surface area contributed by atoms with Crippen molar-refractivity contribution in [2.75, 3.05) is 64.3 Å². The molecule has 4 nitrogen and oxygen atoms in total. The van der Waals surface area contributed by atoms with Crippen LogP contribution in [0.5, 0.6) is 11.5 Å². The van der Waals surface area contributed by atoms with Gasteiger partial charge in [0.15, 0.2) is 11.5 Å². The predicted octanol–water partition coefficient (Wildman–Crippen LogP) is 5.29. The maximum Gasteiger partial charge on any atom is 0.161 e. The topological polar surface area (TPSA) is 36.9 Å². The van der Waals surface area contributed by atoms with Gasteiger partial charge in [0.05, 0.1) is 26.4 Å². The van der Waals surface area contributed by atoms with Crippen LogP contribution in [0.3, 0.4) is 0 Å². The molecular formula is C24H42B2O4P2. The number of ether oxygens (including phenoxy) is 4. The van der Waals surface area contributed by atoms with Crippen LogP contribution in [-0.2, 0) is 9.47 Å². The number of hydrogen-bond acceptors (Lipinski definition) is 4. The van der Waals surface area contributed by atoms with Crippen molar-refractivity contribution in [3.05, 3.63) is 24.3 Å². The summed E-state index contributed by atoms with van der Waals surface area (Å²) in [6.45, 7) is 16.9. The molecule has 2 unspecified atom stereocenters. The van der Waals surface area contributed by atoms with Crippen molar-refractivity contribution in [1.82, 2.24) is 0 Å². The highest BCUT2D eigenvalue weighted by atomic mass is 31.2. The fraction of sp³-hybridized carbons (Fsp3) is 0.750. The van der Waals surface area contributed by atoms with Gasteiger partial charge in [-0.25, -0.2) is 14.3 Å². The number of fused-ring (bicyclic) bond motifs is 1. The zero-order chi connectivity index (χ0) is 23.9. The largest absolute Gasteiger partial charge is 0.487 e. The molecule has 0 spiro atoms. The van der Waals surface area contributed by atoms with E-state index in [2.05, 4.69) is 41.5 Å². The Kier molecular flexibility index (Phi) is 10.4. The predicted molar refractivity (Wildman–Crippen MR) is 143 cm³/mol. The zero-order valence-electron chi connectivity index (χ0n) is 21.1. The van der Waals surface area contributed by atoms with Gasteiger partial charge in [0.25, 0.3) is 0 Å². The van der Waals surface area contributed by atoms with Crippen molar-refractivity contribution in [2.24, 2.45) is 0 Å². The lowest BCUT2D eigenvalue weighted by molar-refractivity contribution is 0.101. The minimum absolute atomic E-state index is 0.0587. The Hall–Kier alpha value is -0.270. The van der Waals surface area contributed by atoms with E-state index in [0.717, 1.165) is 36.1 Å². The third kappa shape index (κ3) is 7.90. The summed E-state index contributed by atoms with van der Waals surface area (Å²) in [5, 5.41) is 0.117. The van der Waals surface area contributed by atoms with Crippen molar-refractivity contribution in [3.63, 3.8) is 0 Å². The fourth-order valence-corrected chi connectivity index (χ4v) is 10.6. The van der Waals surface area contributed by atoms with Gasteiger partial charge in [0.1, 0.15) is 13.2 Å². The zero-order valence-corrected chi connectivity index (χ0v) is 22.9. The van der Waals surface area contributed by atoms with E-state index in [9.17, 15) is 0 Å². The second-order valence-corrected chi connectivity index (χ2v) is 19.3. The summed E-state index contributed by atoms with van der Waals surface area (Å²) in [6.07, 6.45) is 3.79. The summed E-state index contributed by atoms with van der Waals surface area (Å²) >= 11 is 0. The molecule has 0 N–H and O–H groups in total. The summed E-state index contributed by atoms with van der Waals surface area (Å²) in [7, 11) is 10.8. The van der Waals surface area contributed by atoms with E-state index in [1.165, 1.54) is 0 Å². The molecule has 8 heteroatoms. The minimum atomic E-state index is -1.74. The van der Waals surface area contributed by atoms with Crippen LogP contribution in [0.4, 0.5) is 0 Å². The van der Waals surface area contributed by atoms with Crippen molar-refractivity contribution >= 4 is 29.4 Å². The van der Waals surface area contributed by atoms with Crippen LogP contribution in [0.2, 0.25) is 0 Å². The maximum absolute atomic E-state index is 7.13. The summed E-state index contributed by atoms with van der Waals surface area (Å²) in [4.78, 5) is 0. The first-order chi connectivity index (χ1) is 14.9. The first kappa shape index (κ1) is 28.0. The lowest BCUT2D eigenvalue weighted by Crippen LogP contribution is -2.33. The lowest BCUT2D eigenvalue weighted by Gasteiger charge is -2.53. The Morgan fingerprint density at radius 1 is 0.594 bits per heavy atom. The molecule has 1 aromatic carbocycles. The summed E-state index contributed by atoms with van der Waals surface area (Å²) < 4.78 is 23.7. The molecule has 32 heavy (non-hydrogen) atoms. The minimum Gasteiger partial charge on any atom is -0.487 e. The monoisotopic (exact) mass is 478 g/mol. The molecule has 0 saturated carbocycles. The molecule has 178 valence electrons. The van der Waals surface area contributed by atoms with Crippen molar-refractivity contribution < 1.29 is 18.9 Å². The molecule has 1 aliphatic rings. The Morgan fingerprint density at radius 2 is 0.969 bits per heavy atom. The van der Waals surface area contributed by atoms with Crippen molar-refractivity contribution in [1.29, 1.82) is 0 Å². The van der Waals surface area contributed by atoms with E-state index < -0.39 is 14.3 Å². The highest BCUT2D eigenvalue weighted by molar-refractivity contribution is 8.01. The fourth-order valence-electron chi connectivity index (χ4n) is 3.69. The van der Waals surface area contributed by atoms with Crippen molar-refractivity contribution in [2.45, 2.75) is 51.9 Å². The Morgan fingerprint density at radius 3 is 1.31 bits per heavy atom. The van der Waals surface area contributed by atoms with Crippen LogP contribution in [0.15, 0.2) is 24.3 Å². The third-order valence-electron chi connectivity index (χ3n) is 6.66. The van der Waals surface area contributed by atoms with E-state index in [0.29, 0.717) is 39.6 Å². The van der Waals surface area contributed by atoms with E-state index >= 15 is 0 Å². The summed E-state index contributed by atoms with van der Waals surface area (Å²) in [5.41, 5.74) is 0. The first-order valence-electron chi connectivity index (χ1n) is 11.7. The first-order valence-corrected chi connectivity index (χ1v) is 16.2. The second-order valence-electron chi connectivity index (χ2n) is 10.7. The van der Waals surface area contributed by atoms with Crippen LogP contribution >= 0.6 is 14.3 Å². The van der Waals surface area contributed by atoms with Gasteiger partial charge in [-0.3, -0.25) is 0 Å². The van der Waals surface area contributed by atoms with Crippen molar-refractivity contribution in [3.8, 4) is 11.5 Å². The number of hydrogen-bond donors (Lipinski definition) is 0. The van der Waals surface area contributed by atoms with Crippen LogP contribution in [0.1, 0.15) is 41.5 Å². The third-order valence-corrected chi connectivity index (χ3v) is 16.4. The van der Waals surface area contributed by atoms with Gasteiger partial charge in [-0.15, -0.1) is 0 Å². The molecule has 0 aromatic heterocycles. The molecule has 0 amide bonds. The lowest BCUT2D eigenvalue weighted by atomic mass is 10.2.